The average molecular weight is 285 g/mol. The summed E-state index contributed by atoms with van der Waals surface area (Å²) < 4.78 is 39.0. The summed E-state index contributed by atoms with van der Waals surface area (Å²) in [4.78, 5) is 28.2. The number of hydrogen-bond acceptors (Lipinski definition) is 3. The molecule has 9 heteroatoms. The number of aromatic carboxylic acids is 1. The lowest BCUT2D eigenvalue weighted by Gasteiger charge is -2.06. The molecule has 0 spiro atoms. The van der Waals surface area contributed by atoms with Crippen molar-refractivity contribution in [3.05, 3.63) is 47.3 Å². The molecule has 1 aromatic heterocycles. The van der Waals surface area contributed by atoms with Gasteiger partial charge in [0.25, 0.3) is 5.91 Å². The predicted molar refractivity (Wildman–Crippen MR) is 59.8 cm³/mol. The average Bonchev–Trinajstić information content (AvgIpc) is 2.85. The van der Waals surface area contributed by atoms with E-state index in [1.807, 2.05) is 5.32 Å². The molecule has 0 unspecified atom stereocenters. The second-order valence-electron chi connectivity index (χ2n) is 3.63. The van der Waals surface area contributed by atoms with Gasteiger partial charge >= 0.3 is 5.97 Å². The van der Waals surface area contributed by atoms with Crippen molar-refractivity contribution in [3.8, 4) is 0 Å². The van der Waals surface area contributed by atoms with Gasteiger partial charge in [0.2, 0.25) is 0 Å². The number of H-pyrrole nitrogens is 1. The van der Waals surface area contributed by atoms with E-state index in [2.05, 4.69) is 9.97 Å². The lowest BCUT2D eigenvalue weighted by Crippen LogP contribution is -2.17. The zero-order valence-electron chi connectivity index (χ0n) is 9.58. The minimum absolute atomic E-state index is 0.258. The standard InChI is InChI=1S/C11H6F3N3O3/c12-4-1-6(14)7(2-5(4)13)17-10(18)8-9(11(19)20)16-3-15-8/h1-3H,(H,15,16)(H,17,18)(H,19,20). The van der Waals surface area contributed by atoms with Gasteiger partial charge in [-0.25, -0.2) is 22.9 Å². The smallest absolute Gasteiger partial charge is 0.354 e. The molecule has 20 heavy (non-hydrogen) atoms. The van der Waals surface area contributed by atoms with Gasteiger partial charge in [0.05, 0.1) is 12.0 Å². The molecule has 0 atom stereocenters. The maximum absolute atomic E-state index is 13.3. The van der Waals surface area contributed by atoms with E-state index in [-0.39, 0.29) is 6.07 Å². The molecule has 0 saturated heterocycles. The Morgan fingerprint density at radius 2 is 1.80 bits per heavy atom. The summed E-state index contributed by atoms with van der Waals surface area (Å²) >= 11 is 0. The van der Waals surface area contributed by atoms with Gasteiger partial charge in [-0.05, 0) is 0 Å². The fourth-order valence-corrected chi connectivity index (χ4v) is 1.43. The summed E-state index contributed by atoms with van der Waals surface area (Å²) in [5.74, 6) is -6.50. The van der Waals surface area contributed by atoms with Crippen LogP contribution in [-0.2, 0) is 0 Å². The number of benzene rings is 1. The van der Waals surface area contributed by atoms with Crippen LogP contribution >= 0.6 is 0 Å². The first-order valence-corrected chi connectivity index (χ1v) is 5.12. The molecule has 0 aliphatic rings. The highest BCUT2D eigenvalue weighted by Crippen LogP contribution is 2.19. The third-order valence-electron chi connectivity index (χ3n) is 2.33. The molecule has 3 N–H and O–H groups in total. The summed E-state index contributed by atoms with van der Waals surface area (Å²) in [6, 6.07) is 0.698. The van der Waals surface area contributed by atoms with E-state index < -0.39 is 46.4 Å². The van der Waals surface area contributed by atoms with Crippen molar-refractivity contribution in [3.63, 3.8) is 0 Å². The molecule has 104 valence electrons. The Balaban J connectivity index is 2.30. The third kappa shape index (κ3) is 2.46. The van der Waals surface area contributed by atoms with Crippen LogP contribution in [0.3, 0.4) is 0 Å². The number of carbonyl (C=O) groups excluding carboxylic acids is 1. The highest BCUT2D eigenvalue weighted by molar-refractivity contribution is 6.08. The third-order valence-corrected chi connectivity index (χ3v) is 2.33. The second-order valence-corrected chi connectivity index (χ2v) is 3.63. The number of aromatic nitrogens is 2. The Kier molecular flexibility index (Phi) is 3.42. The number of carboxylic acid groups (broad SMARTS) is 1. The molecule has 1 aromatic carbocycles. The lowest BCUT2D eigenvalue weighted by atomic mass is 10.2. The van der Waals surface area contributed by atoms with Crippen molar-refractivity contribution in [2.24, 2.45) is 0 Å². The molecule has 0 fully saturated rings. The summed E-state index contributed by atoms with van der Waals surface area (Å²) in [6.07, 6.45) is 0.958. The van der Waals surface area contributed by atoms with Crippen LogP contribution in [0.1, 0.15) is 21.0 Å². The summed E-state index contributed by atoms with van der Waals surface area (Å²) in [6.45, 7) is 0. The second kappa shape index (κ2) is 5.03. The van der Waals surface area contributed by atoms with E-state index in [1.165, 1.54) is 0 Å². The minimum Gasteiger partial charge on any atom is -0.477 e. The number of imidazole rings is 1. The fraction of sp³-hybridized carbons (Fsp3) is 0. The van der Waals surface area contributed by atoms with Gasteiger partial charge in [-0.15, -0.1) is 0 Å². The Morgan fingerprint density at radius 1 is 1.15 bits per heavy atom. The number of nitrogens with one attached hydrogen (secondary N) is 2. The quantitative estimate of drug-likeness (QED) is 0.749. The molecule has 0 aliphatic carbocycles. The van der Waals surface area contributed by atoms with Crippen molar-refractivity contribution in [1.29, 1.82) is 0 Å². The topological polar surface area (TPSA) is 95.1 Å². The van der Waals surface area contributed by atoms with E-state index in [9.17, 15) is 22.8 Å². The lowest BCUT2D eigenvalue weighted by molar-refractivity contribution is 0.0686. The molecule has 2 aromatic rings. The Morgan fingerprint density at radius 3 is 2.45 bits per heavy atom. The molecule has 1 heterocycles. The van der Waals surface area contributed by atoms with Crippen LogP contribution in [0, 0.1) is 17.5 Å². The van der Waals surface area contributed by atoms with Gasteiger partial charge in [-0.2, -0.15) is 0 Å². The first-order valence-electron chi connectivity index (χ1n) is 5.12. The Labute approximate surface area is 109 Å². The normalized spacial score (nSPS) is 10.3. The van der Waals surface area contributed by atoms with Crippen LogP contribution in [0.2, 0.25) is 0 Å². The maximum atomic E-state index is 13.3. The number of aromatic amines is 1. The van der Waals surface area contributed by atoms with Crippen molar-refractivity contribution < 1.29 is 27.9 Å². The van der Waals surface area contributed by atoms with Gasteiger partial charge in [0.15, 0.2) is 23.0 Å². The van der Waals surface area contributed by atoms with Crippen LogP contribution in [0.15, 0.2) is 18.5 Å². The van der Waals surface area contributed by atoms with E-state index in [4.69, 9.17) is 5.11 Å². The molecule has 1 amide bonds. The number of nitrogens with zero attached hydrogens (tertiary/aromatic N) is 1. The van der Waals surface area contributed by atoms with Crippen molar-refractivity contribution >= 4 is 17.6 Å². The predicted octanol–water partition coefficient (Wildman–Crippen LogP) is 1.78. The SMILES string of the molecule is O=C(Nc1cc(F)c(F)cc1F)c1nc[nH]c1C(=O)O. The fourth-order valence-electron chi connectivity index (χ4n) is 1.43. The number of hydrogen-bond donors (Lipinski definition) is 3. The maximum Gasteiger partial charge on any atom is 0.354 e. The van der Waals surface area contributed by atoms with E-state index in [0.717, 1.165) is 6.33 Å². The van der Waals surface area contributed by atoms with E-state index in [0.29, 0.717) is 6.07 Å². The molecule has 0 radical (unpaired) electrons. The summed E-state index contributed by atoms with van der Waals surface area (Å²) in [5.41, 5.74) is -1.65. The summed E-state index contributed by atoms with van der Waals surface area (Å²) in [7, 11) is 0. The molecule has 0 bridgehead atoms. The zero-order chi connectivity index (χ0) is 14.9. The van der Waals surface area contributed by atoms with Gasteiger partial charge in [-0.3, -0.25) is 4.79 Å². The van der Waals surface area contributed by atoms with E-state index in [1.54, 1.807) is 0 Å². The van der Waals surface area contributed by atoms with Gasteiger partial charge in [0.1, 0.15) is 5.82 Å². The number of rotatable bonds is 3. The molecular formula is C11H6F3N3O3. The van der Waals surface area contributed by atoms with Crippen LogP contribution in [0.4, 0.5) is 18.9 Å². The number of halogens is 3. The van der Waals surface area contributed by atoms with Crippen LogP contribution in [-0.4, -0.2) is 27.0 Å². The molecule has 0 saturated carbocycles. The zero-order valence-corrected chi connectivity index (χ0v) is 9.58. The monoisotopic (exact) mass is 285 g/mol. The van der Waals surface area contributed by atoms with Crippen LogP contribution in [0.5, 0.6) is 0 Å². The number of amides is 1. The molecule has 2 rings (SSSR count). The van der Waals surface area contributed by atoms with Crippen LogP contribution < -0.4 is 5.32 Å². The highest BCUT2D eigenvalue weighted by Gasteiger charge is 2.21. The number of carboxylic acids is 1. The first-order chi connectivity index (χ1) is 9.40. The van der Waals surface area contributed by atoms with E-state index >= 15 is 0 Å². The summed E-state index contributed by atoms with van der Waals surface area (Å²) in [5, 5.41) is 10.7. The van der Waals surface area contributed by atoms with Gasteiger partial charge < -0.3 is 15.4 Å². The number of carbonyl (C=O) groups is 2. The largest absolute Gasteiger partial charge is 0.477 e. The van der Waals surface area contributed by atoms with Crippen molar-refractivity contribution in [1.82, 2.24) is 9.97 Å². The Hall–Kier alpha value is -2.84. The highest BCUT2D eigenvalue weighted by atomic mass is 19.2. The molecular weight excluding hydrogens is 279 g/mol. The molecule has 6 nitrogen and oxygen atoms in total. The van der Waals surface area contributed by atoms with Gasteiger partial charge in [-0.1, -0.05) is 0 Å². The van der Waals surface area contributed by atoms with Crippen LogP contribution in [0.25, 0.3) is 0 Å². The minimum atomic E-state index is -1.45. The molecule has 0 aliphatic heterocycles. The van der Waals surface area contributed by atoms with Crippen molar-refractivity contribution in [2.45, 2.75) is 0 Å². The van der Waals surface area contributed by atoms with Gasteiger partial charge in [0, 0.05) is 12.1 Å². The number of anilines is 1. The first kappa shape index (κ1) is 13.6. The Bertz CT molecular complexity index is 699. The van der Waals surface area contributed by atoms with Crippen molar-refractivity contribution in [2.75, 3.05) is 5.32 Å².